The highest BCUT2D eigenvalue weighted by molar-refractivity contribution is 7.90. The third-order valence-electron chi connectivity index (χ3n) is 3.81. The fraction of sp³-hybridized carbons (Fsp3) is 0.600. The van der Waals surface area contributed by atoms with Crippen molar-refractivity contribution in [2.24, 2.45) is 0 Å². The number of rotatable bonds is 6. The van der Waals surface area contributed by atoms with Crippen LogP contribution in [0.5, 0.6) is 0 Å². The lowest BCUT2D eigenvalue weighted by Gasteiger charge is -2.31. The molecular formula is C15H25N3O2S. The molecule has 2 N–H and O–H groups in total. The van der Waals surface area contributed by atoms with Crippen LogP contribution in [-0.2, 0) is 16.6 Å². The van der Waals surface area contributed by atoms with E-state index in [1.807, 2.05) is 12.1 Å². The van der Waals surface area contributed by atoms with Crippen LogP contribution in [0.15, 0.2) is 18.2 Å². The normalized spacial score (nSPS) is 16.6. The lowest BCUT2D eigenvalue weighted by atomic mass is 9.98. The molecule has 0 saturated heterocycles. The van der Waals surface area contributed by atoms with Gasteiger partial charge in [-0.25, -0.2) is 0 Å². The predicted molar refractivity (Wildman–Crippen MR) is 86.8 cm³/mol. The van der Waals surface area contributed by atoms with E-state index in [9.17, 15) is 8.42 Å². The van der Waals surface area contributed by atoms with Gasteiger partial charge < -0.3 is 5.32 Å². The van der Waals surface area contributed by atoms with Gasteiger partial charge in [0, 0.05) is 19.1 Å². The van der Waals surface area contributed by atoms with E-state index in [2.05, 4.69) is 30.0 Å². The van der Waals surface area contributed by atoms with Crippen LogP contribution in [-0.4, -0.2) is 28.1 Å². The molecule has 21 heavy (non-hydrogen) atoms. The summed E-state index contributed by atoms with van der Waals surface area (Å²) in [6.07, 6.45) is 1.79. The Kier molecular flexibility index (Phi) is 5.24. The van der Waals surface area contributed by atoms with Gasteiger partial charge in [-0.2, -0.15) is 13.1 Å². The van der Waals surface area contributed by atoms with E-state index in [1.54, 1.807) is 6.92 Å². The molecule has 0 spiro atoms. The smallest absolute Gasteiger partial charge is 0.301 e. The second kappa shape index (κ2) is 6.77. The number of nitrogens with zero attached hydrogens (tertiary/aromatic N) is 1. The van der Waals surface area contributed by atoms with Gasteiger partial charge in [0.05, 0.1) is 5.69 Å². The number of hydrogen-bond donors (Lipinski definition) is 2. The minimum absolute atomic E-state index is 0.279. The fourth-order valence-electron chi connectivity index (χ4n) is 2.79. The van der Waals surface area contributed by atoms with Crippen LogP contribution in [0, 0.1) is 0 Å². The first kappa shape index (κ1) is 16.3. The van der Waals surface area contributed by atoms with E-state index in [4.69, 9.17) is 0 Å². The van der Waals surface area contributed by atoms with Crippen molar-refractivity contribution in [3.63, 3.8) is 0 Å². The lowest BCUT2D eigenvalue weighted by Crippen LogP contribution is -2.43. The quantitative estimate of drug-likeness (QED) is 0.844. The number of benzene rings is 1. The van der Waals surface area contributed by atoms with Crippen molar-refractivity contribution in [1.82, 2.24) is 10.0 Å². The summed E-state index contributed by atoms with van der Waals surface area (Å²) in [7, 11) is -3.42. The van der Waals surface area contributed by atoms with Crippen molar-refractivity contribution in [2.45, 2.75) is 39.7 Å². The van der Waals surface area contributed by atoms with E-state index in [-0.39, 0.29) is 6.04 Å². The monoisotopic (exact) mass is 311 g/mol. The molecule has 0 fully saturated rings. The topological polar surface area (TPSA) is 61.4 Å². The number of hydrogen-bond acceptors (Lipinski definition) is 3. The predicted octanol–water partition coefficient (Wildman–Crippen LogP) is 1.96. The highest BCUT2D eigenvalue weighted by Gasteiger charge is 2.27. The van der Waals surface area contributed by atoms with Gasteiger partial charge in [0.2, 0.25) is 0 Å². The van der Waals surface area contributed by atoms with Crippen molar-refractivity contribution in [3.05, 3.63) is 29.3 Å². The Morgan fingerprint density at radius 2 is 2.05 bits per heavy atom. The molecule has 5 nitrogen and oxygen atoms in total. The lowest BCUT2D eigenvalue weighted by molar-refractivity contribution is 0.573. The van der Waals surface area contributed by atoms with Gasteiger partial charge in [-0.1, -0.05) is 26.0 Å². The first-order valence-corrected chi connectivity index (χ1v) is 9.07. The molecule has 118 valence electrons. The Balaban J connectivity index is 2.33. The molecule has 1 aromatic rings. The van der Waals surface area contributed by atoms with E-state index in [0.717, 1.165) is 30.6 Å². The number of anilines is 1. The molecule has 6 heteroatoms. The maximum atomic E-state index is 12.3. The highest BCUT2D eigenvalue weighted by Crippen LogP contribution is 2.31. The molecule has 0 aromatic heterocycles. The van der Waals surface area contributed by atoms with Crippen LogP contribution < -0.4 is 14.3 Å². The average Bonchev–Trinajstić information content (AvgIpc) is 2.46. The number of nitrogens with one attached hydrogen (secondary N) is 2. The molecule has 1 aliphatic heterocycles. The largest absolute Gasteiger partial charge is 0.310 e. The average molecular weight is 311 g/mol. The standard InChI is InChI=1S/C15H25N3O2S/c1-4-16-12(3)13-8-9-15-14(11-13)7-6-10-18(15)21(19,20)17-5-2/h8-9,11-12,16-17H,4-7,10H2,1-3H3. The second-order valence-corrected chi connectivity index (χ2v) is 7.03. The van der Waals surface area contributed by atoms with Crippen LogP contribution >= 0.6 is 0 Å². The maximum Gasteiger partial charge on any atom is 0.301 e. The van der Waals surface area contributed by atoms with Crippen LogP contribution in [0.1, 0.15) is 44.4 Å². The zero-order chi connectivity index (χ0) is 15.5. The summed E-state index contributed by atoms with van der Waals surface area (Å²) < 4.78 is 28.6. The Morgan fingerprint density at radius 1 is 1.29 bits per heavy atom. The summed E-state index contributed by atoms with van der Waals surface area (Å²) in [5, 5.41) is 3.39. The first-order chi connectivity index (χ1) is 9.99. The van der Waals surface area contributed by atoms with E-state index in [1.165, 1.54) is 9.87 Å². The maximum absolute atomic E-state index is 12.3. The van der Waals surface area contributed by atoms with Gasteiger partial charge in [-0.05, 0) is 43.5 Å². The Labute approximate surface area is 127 Å². The van der Waals surface area contributed by atoms with Crippen molar-refractivity contribution in [3.8, 4) is 0 Å². The second-order valence-electron chi connectivity index (χ2n) is 5.35. The fourth-order valence-corrected chi connectivity index (χ4v) is 4.11. The molecular weight excluding hydrogens is 286 g/mol. The molecule has 1 atom stereocenters. The molecule has 0 amide bonds. The summed E-state index contributed by atoms with van der Waals surface area (Å²) in [6.45, 7) is 7.87. The SMILES string of the molecule is CCNC(C)c1ccc2c(c1)CCCN2S(=O)(=O)NCC. The molecule has 1 heterocycles. The van der Waals surface area contributed by atoms with Gasteiger partial charge in [0.1, 0.15) is 0 Å². The highest BCUT2D eigenvalue weighted by atomic mass is 32.2. The third-order valence-corrected chi connectivity index (χ3v) is 5.42. The molecule has 1 aromatic carbocycles. The summed E-state index contributed by atoms with van der Waals surface area (Å²) in [5.41, 5.74) is 3.14. The Hall–Kier alpha value is -1.11. The molecule has 0 radical (unpaired) electrons. The molecule has 0 aliphatic carbocycles. The van der Waals surface area contributed by atoms with E-state index in [0.29, 0.717) is 13.1 Å². The summed E-state index contributed by atoms with van der Waals surface area (Å²) in [5.74, 6) is 0. The van der Waals surface area contributed by atoms with Gasteiger partial charge in [0.15, 0.2) is 0 Å². The first-order valence-electron chi connectivity index (χ1n) is 7.63. The Morgan fingerprint density at radius 3 is 2.71 bits per heavy atom. The zero-order valence-electron chi connectivity index (χ0n) is 13.0. The van der Waals surface area contributed by atoms with Crippen molar-refractivity contribution >= 4 is 15.9 Å². The minimum atomic E-state index is -3.42. The van der Waals surface area contributed by atoms with E-state index >= 15 is 0 Å². The van der Waals surface area contributed by atoms with Crippen LogP contribution in [0.3, 0.4) is 0 Å². The van der Waals surface area contributed by atoms with Gasteiger partial charge in [-0.15, -0.1) is 0 Å². The van der Waals surface area contributed by atoms with Crippen molar-refractivity contribution < 1.29 is 8.42 Å². The molecule has 0 bridgehead atoms. The number of fused-ring (bicyclic) bond motifs is 1. The van der Waals surface area contributed by atoms with Gasteiger partial charge >= 0.3 is 10.2 Å². The van der Waals surface area contributed by atoms with Gasteiger partial charge in [0.25, 0.3) is 0 Å². The molecule has 1 unspecified atom stereocenters. The number of aryl methyl sites for hydroxylation is 1. The summed E-state index contributed by atoms with van der Waals surface area (Å²) in [6, 6.07) is 6.37. The van der Waals surface area contributed by atoms with Crippen LogP contribution in [0.4, 0.5) is 5.69 Å². The van der Waals surface area contributed by atoms with Gasteiger partial charge in [-0.3, -0.25) is 4.31 Å². The van der Waals surface area contributed by atoms with Crippen LogP contribution in [0.2, 0.25) is 0 Å². The van der Waals surface area contributed by atoms with Crippen molar-refractivity contribution in [1.29, 1.82) is 0 Å². The van der Waals surface area contributed by atoms with Crippen LogP contribution in [0.25, 0.3) is 0 Å². The summed E-state index contributed by atoms with van der Waals surface area (Å²) in [4.78, 5) is 0. The minimum Gasteiger partial charge on any atom is -0.310 e. The molecule has 1 aliphatic rings. The third kappa shape index (κ3) is 3.56. The zero-order valence-corrected chi connectivity index (χ0v) is 13.8. The Bertz CT molecular complexity index is 587. The molecule has 0 saturated carbocycles. The van der Waals surface area contributed by atoms with Crippen molar-refractivity contribution in [2.75, 3.05) is 23.9 Å². The van der Waals surface area contributed by atoms with E-state index < -0.39 is 10.2 Å². The molecule has 2 rings (SSSR count). The summed E-state index contributed by atoms with van der Waals surface area (Å²) >= 11 is 0.